The first-order chi connectivity index (χ1) is 13.6. The highest BCUT2D eigenvalue weighted by Gasteiger charge is 2.07. The summed E-state index contributed by atoms with van der Waals surface area (Å²) < 4.78 is 18.5. The van der Waals surface area contributed by atoms with Crippen molar-refractivity contribution in [3.05, 3.63) is 58.1 Å². The molecule has 2 heterocycles. The van der Waals surface area contributed by atoms with E-state index in [1.165, 1.54) is 12.1 Å². The number of nitrogens with one attached hydrogen (secondary N) is 2. The summed E-state index contributed by atoms with van der Waals surface area (Å²) >= 11 is 1.67. The van der Waals surface area contributed by atoms with E-state index in [2.05, 4.69) is 31.0 Å². The molecule has 3 aromatic rings. The first-order valence-corrected chi connectivity index (χ1v) is 10.2. The van der Waals surface area contributed by atoms with Crippen LogP contribution in [0.1, 0.15) is 23.3 Å². The normalized spacial score (nSPS) is 11.2. The van der Waals surface area contributed by atoms with E-state index in [0.717, 1.165) is 47.4 Å². The molecule has 0 radical (unpaired) electrons. The number of hydrogen-bond acceptors (Lipinski definition) is 5. The average Bonchev–Trinajstić information content (AvgIpc) is 3.31. The second-order valence-electron chi connectivity index (χ2n) is 6.20. The molecule has 0 bridgehead atoms. The quantitative estimate of drug-likeness (QED) is 0.260. The van der Waals surface area contributed by atoms with Crippen molar-refractivity contribution in [1.29, 1.82) is 0 Å². The molecule has 0 saturated carbocycles. The van der Waals surface area contributed by atoms with Crippen molar-refractivity contribution >= 4 is 41.3 Å². The number of nitrogens with zero attached hydrogens (tertiary/aromatic N) is 3. The Kier molecular flexibility index (Phi) is 9.52. The van der Waals surface area contributed by atoms with Crippen LogP contribution < -0.4 is 10.6 Å². The zero-order valence-electron chi connectivity index (χ0n) is 16.4. The standard InChI is InChI=1S/C20H24FN5OS.HI/c1-3-22-20(24-11-9-18-13-28-14(2)25-18)23-10-8-17-12-27-19(26-17)15-4-6-16(21)7-5-15;/h4-7,12-13H,3,8-11H2,1-2H3,(H2,22,23,24);1H. The minimum Gasteiger partial charge on any atom is -0.444 e. The summed E-state index contributed by atoms with van der Waals surface area (Å²) in [5.41, 5.74) is 2.67. The lowest BCUT2D eigenvalue weighted by Crippen LogP contribution is -2.38. The fourth-order valence-electron chi connectivity index (χ4n) is 2.60. The number of aryl methyl sites for hydroxylation is 1. The van der Waals surface area contributed by atoms with Gasteiger partial charge in [0.05, 0.1) is 16.4 Å². The molecule has 6 nitrogen and oxygen atoms in total. The molecule has 2 aromatic heterocycles. The third kappa shape index (κ3) is 7.39. The van der Waals surface area contributed by atoms with Gasteiger partial charge in [-0.1, -0.05) is 0 Å². The Morgan fingerprint density at radius 3 is 2.62 bits per heavy atom. The van der Waals surface area contributed by atoms with Crippen LogP contribution in [0.2, 0.25) is 0 Å². The maximum absolute atomic E-state index is 13.0. The number of halogens is 2. The summed E-state index contributed by atoms with van der Waals surface area (Å²) in [5, 5.41) is 9.74. The van der Waals surface area contributed by atoms with Crippen LogP contribution in [0, 0.1) is 12.7 Å². The minimum atomic E-state index is -0.279. The number of aliphatic imine (C=N–C) groups is 1. The fourth-order valence-corrected chi connectivity index (χ4v) is 3.25. The summed E-state index contributed by atoms with van der Waals surface area (Å²) in [6.07, 6.45) is 3.14. The number of thiazole rings is 1. The van der Waals surface area contributed by atoms with Crippen molar-refractivity contribution in [3.63, 3.8) is 0 Å². The number of hydrogen-bond donors (Lipinski definition) is 2. The van der Waals surface area contributed by atoms with Gasteiger partial charge in [-0.25, -0.2) is 14.4 Å². The summed E-state index contributed by atoms with van der Waals surface area (Å²) in [6, 6.07) is 6.09. The Bertz CT molecular complexity index is 910. The van der Waals surface area contributed by atoms with Crippen molar-refractivity contribution in [2.24, 2.45) is 4.99 Å². The van der Waals surface area contributed by atoms with Gasteiger partial charge in [-0.2, -0.15) is 0 Å². The zero-order chi connectivity index (χ0) is 19.8. The van der Waals surface area contributed by atoms with Gasteiger partial charge in [0.1, 0.15) is 12.1 Å². The van der Waals surface area contributed by atoms with Gasteiger partial charge < -0.3 is 15.1 Å². The van der Waals surface area contributed by atoms with Gasteiger partial charge in [-0.3, -0.25) is 4.99 Å². The lowest BCUT2D eigenvalue weighted by Gasteiger charge is -2.10. The molecule has 9 heteroatoms. The maximum Gasteiger partial charge on any atom is 0.226 e. The van der Waals surface area contributed by atoms with Crippen molar-refractivity contribution < 1.29 is 8.81 Å². The summed E-state index contributed by atoms with van der Waals surface area (Å²) in [5.74, 6) is 0.984. The van der Waals surface area contributed by atoms with Gasteiger partial charge in [-0.15, -0.1) is 35.3 Å². The molecule has 156 valence electrons. The monoisotopic (exact) mass is 529 g/mol. The van der Waals surface area contributed by atoms with Crippen molar-refractivity contribution in [2.45, 2.75) is 26.7 Å². The number of benzene rings is 1. The van der Waals surface area contributed by atoms with Crippen LogP contribution in [-0.4, -0.2) is 35.6 Å². The second kappa shape index (κ2) is 11.9. The van der Waals surface area contributed by atoms with Gasteiger partial charge in [0.2, 0.25) is 5.89 Å². The molecule has 29 heavy (non-hydrogen) atoms. The van der Waals surface area contributed by atoms with E-state index in [4.69, 9.17) is 4.42 Å². The molecule has 0 spiro atoms. The van der Waals surface area contributed by atoms with E-state index < -0.39 is 0 Å². The highest BCUT2D eigenvalue weighted by atomic mass is 127. The Morgan fingerprint density at radius 1 is 1.14 bits per heavy atom. The van der Waals surface area contributed by atoms with Crippen LogP contribution in [0.4, 0.5) is 4.39 Å². The van der Waals surface area contributed by atoms with E-state index in [1.54, 1.807) is 29.7 Å². The minimum absolute atomic E-state index is 0. The number of guanidine groups is 1. The van der Waals surface area contributed by atoms with Crippen LogP contribution in [0.25, 0.3) is 11.5 Å². The largest absolute Gasteiger partial charge is 0.444 e. The highest BCUT2D eigenvalue weighted by Crippen LogP contribution is 2.19. The van der Waals surface area contributed by atoms with Crippen molar-refractivity contribution in [1.82, 2.24) is 20.6 Å². The van der Waals surface area contributed by atoms with Crippen molar-refractivity contribution in [3.8, 4) is 11.5 Å². The number of rotatable bonds is 8. The predicted molar refractivity (Wildman–Crippen MR) is 126 cm³/mol. The third-order valence-corrected chi connectivity index (χ3v) is 4.79. The molecule has 0 atom stereocenters. The zero-order valence-corrected chi connectivity index (χ0v) is 19.6. The lowest BCUT2D eigenvalue weighted by atomic mass is 10.2. The second-order valence-corrected chi connectivity index (χ2v) is 7.26. The third-order valence-electron chi connectivity index (χ3n) is 3.97. The molecule has 0 aliphatic carbocycles. The SMILES string of the molecule is CCNC(=NCCc1coc(-c2ccc(F)cc2)n1)NCCc1csc(C)n1.I. The molecule has 0 unspecified atom stereocenters. The van der Waals surface area contributed by atoms with E-state index in [9.17, 15) is 4.39 Å². The van der Waals surface area contributed by atoms with E-state index in [1.807, 2.05) is 13.8 Å². The Hall–Kier alpha value is -2.01. The molecule has 0 saturated heterocycles. The van der Waals surface area contributed by atoms with Crippen LogP contribution in [-0.2, 0) is 12.8 Å². The van der Waals surface area contributed by atoms with Crippen LogP contribution >= 0.6 is 35.3 Å². The summed E-state index contributed by atoms with van der Waals surface area (Å²) in [7, 11) is 0. The van der Waals surface area contributed by atoms with Gasteiger partial charge in [0.15, 0.2) is 5.96 Å². The Morgan fingerprint density at radius 2 is 1.93 bits per heavy atom. The maximum atomic E-state index is 13.0. The molecule has 0 fully saturated rings. The van der Waals surface area contributed by atoms with Gasteiger partial charge >= 0.3 is 0 Å². The van der Waals surface area contributed by atoms with Gasteiger partial charge in [0, 0.05) is 43.4 Å². The van der Waals surface area contributed by atoms with E-state index >= 15 is 0 Å². The molecule has 0 aliphatic heterocycles. The molecule has 0 amide bonds. The summed E-state index contributed by atoms with van der Waals surface area (Å²) in [6.45, 7) is 6.20. The van der Waals surface area contributed by atoms with E-state index in [0.29, 0.717) is 18.9 Å². The topological polar surface area (TPSA) is 75.3 Å². The first kappa shape index (κ1) is 23.3. The highest BCUT2D eigenvalue weighted by molar-refractivity contribution is 14.0. The number of oxazole rings is 1. The van der Waals surface area contributed by atoms with E-state index in [-0.39, 0.29) is 29.8 Å². The molecular weight excluding hydrogens is 504 g/mol. The van der Waals surface area contributed by atoms with Gasteiger partial charge in [-0.05, 0) is 38.1 Å². The molecule has 1 aromatic carbocycles. The summed E-state index contributed by atoms with van der Waals surface area (Å²) in [4.78, 5) is 13.5. The molecule has 0 aliphatic rings. The number of aromatic nitrogens is 2. The smallest absolute Gasteiger partial charge is 0.226 e. The van der Waals surface area contributed by atoms with Crippen LogP contribution in [0.5, 0.6) is 0 Å². The predicted octanol–water partition coefficient (Wildman–Crippen LogP) is 4.20. The first-order valence-electron chi connectivity index (χ1n) is 9.27. The Balaban J connectivity index is 0.00000300. The molecule has 3 rings (SSSR count). The van der Waals surface area contributed by atoms with Crippen LogP contribution in [0.15, 0.2) is 45.3 Å². The lowest BCUT2D eigenvalue weighted by molar-refractivity contribution is 0.572. The van der Waals surface area contributed by atoms with Crippen LogP contribution in [0.3, 0.4) is 0 Å². The average molecular weight is 529 g/mol. The molecule has 2 N–H and O–H groups in total. The van der Waals surface area contributed by atoms with Crippen molar-refractivity contribution in [2.75, 3.05) is 19.6 Å². The Labute approximate surface area is 191 Å². The fraction of sp³-hybridized carbons (Fsp3) is 0.350. The van der Waals surface area contributed by atoms with Gasteiger partial charge in [0.25, 0.3) is 0 Å². The molecular formula is C20H25FIN5OS.